The van der Waals surface area contributed by atoms with Gasteiger partial charge in [0.15, 0.2) is 5.69 Å². The average molecular weight is 320 g/mol. The second-order valence-electron chi connectivity index (χ2n) is 5.08. The zero-order valence-corrected chi connectivity index (χ0v) is 12.8. The van der Waals surface area contributed by atoms with E-state index in [2.05, 4.69) is 15.7 Å². The van der Waals surface area contributed by atoms with E-state index in [0.29, 0.717) is 5.69 Å². The van der Waals surface area contributed by atoms with Crippen LogP contribution in [0.3, 0.4) is 0 Å². The van der Waals surface area contributed by atoms with Crippen LogP contribution in [0.5, 0.6) is 0 Å². The first kappa shape index (κ1) is 15.5. The molecule has 0 aliphatic carbocycles. The Morgan fingerprint density at radius 2 is 1.58 bits per heavy atom. The molecule has 6 nitrogen and oxygen atoms in total. The fraction of sp³-hybridized carbons (Fsp3) is 0.0556. The van der Waals surface area contributed by atoms with Crippen LogP contribution in [-0.4, -0.2) is 28.1 Å². The summed E-state index contributed by atoms with van der Waals surface area (Å²) in [5, 5.41) is 9.47. The summed E-state index contributed by atoms with van der Waals surface area (Å²) >= 11 is 0. The van der Waals surface area contributed by atoms with Crippen molar-refractivity contribution in [1.82, 2.24) is 15.1 Å². The summed E-state index contributed by atoms with van der Waals surface area (Å²) in [4.78, 5) is 23.9. The van der Waals surface area contributed by atoms with Gasteiger partial charge in [0.25, 0.3) is 5.91 Å². The van der Waals surface area contributed by atoms with E-state index in [1.807, 2.05) is 48.5 Å². The highest BCUT2D eigenvalue weighted by Gasteiger charge is 2.11. The second-order valence-corrected chi connectivity index (χ2v) is 5.08. The molecule has 0 unspecified atom stereocenters. The minimum Gasteiger partial charge on any atom is -0.342 e. The number of anilines is 1. The van der Waals surface area contributed by atoms with Crippen molar-refractivity contribution >= 4 is 17.5 Å². The van der Waals surface area contributed by atoms with Crippen LogP contribution in [-0.2, 0) is 4.79 Å². The maximum atomic E-state index is 12.1. The van der Waals surface area contributed by atoms with Gasteiger partial charge in [0.05, 0.1) is 12.2 Å². The number of nitrogens with one attached hydrogen (secondary N) is 2. The first-order chi connectivity index (χ1) is 11.7. The highest BCUT2D eigenvalue weighted by Crippen LogP contribution is 2.07. The molecule has 120 valence electrons. The molecule has 1 aromatic heterocycles. The topological polar surface area (TPSA) is 76.0 Å². The molecule has 0 bridgehead atoms. The molecular formula is C18H16N4O2. The predicted molar refractivity (Wildman–Crippen MR) is 91.0 cm³/mol. The first-order valence-electron chi connectivity index (χ1n) is 7.46. The maximum absolute atomic E-state index is 12.1. The number of rotatable bonds is 5. The van der Waals surface area contributed by atoms with Crippen molar-refractivity contribution in [3.05, 3.63) is 78.6 Å². The van der Waals surface area contributed by atoms with E-state index in [1.165, 1.54) is 0 Å². The van der Waals surface area contributed by atoms with Gasteiger partial charge in [0.2, 0.25) is 5.91 Å². The number of nitrogens with zero attached hydrogens (tertiary/aromatic N) is 2. The number of carbonyl (C=O) groups is 2. The van der Waals surface area contributed by atoms with Crippen LogP contribution in [0.4, 0.5) is 5.69 Å². The summed E-state index contributed by atoms with van der Waals surface area (Å²) in [5.74, 6) is -0.690. The number of aromatic nitrogens is 2. The fourth-order valence-electron chi connectivity index (χ4n) is 2.15. The second kappa shape index (κ2) is 7.23. The molecule has 0 saturated heterocycles. The molecule has 2 amide bonds. The van der Waals surface area contributed by atoms with Gasteiger partial charge in [-0.1, -0.05) is 36.4 Å². The normalized spacial score (nSPS) is 10.2. The number of para-hydroxylation sites is 2. The smallest absolute Gasteiger partial charge is 0.272 e. The van der Waals surface area contributed by atoms with Gasteiger partial charge >= 0.3 is 0 Å². The highest BCUT2D eigenvalue weighted by atomic mass is 16.2. The lowest BCUT2D eigenvalue weighted by atomic mass is 10.3. The molecule has 0 radical (unpaired) electrons. The lowest BCUT2D eigenvalue weighted by Crippen LogP contribution is -2.33. The van der Waals surface area contributed by atoms with Crippen LogP contribution in [0, 0.1) is 0 Å². The SMILES string of the molecule is O=C(CNC(=O)c1ccn(-c2ccccc2)n1)Nc1ccccc1. The summed E-state index contributed by atoms with van der Waals surface area (Å²) in [6, 6.07) is 20.2. The van der Waals surface area contributed by atoms with E-state index in [0.717, 1.165) is 5.69 Å². The molecule has 0 saturated carbocycles. The molecule has 1 heterocycles. The van der Waals surface area contributed by atoms with Gasteiger partial charge in [-0.2, -0.15) is 5.10 Å². The van der Waals surface area contributed by atoms with Gasteiger partial charge in [-0.15, -0.1) is 0 Å². The zero-order chi connectivity index (χ0) is 16.8. The Bertz CT molecular complexity index is 828. The number of carbonyl (C=O) groups excluding carboxylic acids is 2. The standard InChI is InChI=1S/C18H16N4O2/c23-17(20-14-7-3-1-4-8-14)13-19-18(24)16-11-12-22(21-16)15-9-5-2-6-10-15/h1-12H,13H2,(H,19,24)(H,20,23). The van der Waals surface area contributed by atoms with E-state index < -0.39 is 5.91 Å². The maximum Gasteiger partial charge on any atom is 0.272 e. The number of hydrogen-bond acceptors (Lipinski definition) is 3. The Balaban J connectivity index is 1.56. The molecule has 24 heavy (non-hydrogen) atoms. The third-order valence-electron chi connectivity index (χ3n) is 3.31. The summed E-state index contributed by atoms with van der Waals surface area (Å²) in [7, 11) is 0. The van der Waals surface area contributed by atoms with E-state index in [-0.39, 0.29) is 18.1 Å². The Morgan fingerprint density at radius 1 is 0.917 bits per heavy atom. The van der Waals surface area contributed by atoms with Gasteiger partial charge in [0.1, 0.15) is 0 Å². The minimum absolute atomic E-state index is 0.119. The summed E-state index contributed by atoms with van der Waals surface area (Å²) < 4.78 is 1.61. The molecule has 0 aliphatic rings. The van der Waals surface area contributed by atoms with Gasteiger partial charge in [-0.25, -0.2) is 4.68 Å². The molecule has 6 heteroatoms. The number of hydrogen-bond donors (Lipinski definition) is 2. The fourth-order valence-corrected chi connectivity index (χ4v) is 2.15. The van der Waals surface area contributed by atoms with E-state index in [1.54, 1.807) is 29.1 Å². The van der Waals surface area contributed by atoms with Crippen molar-refractivity contribution in [2.45, 2.75) is 0 Å². The molecule has 0 aliphatic heterocycles. The van der Waals surface area contributed by atoms with Gasteiger partial charge < -0.3 is 10.6 Å². The Kier molecular flexibility index (Phi) is 4.67. The summed E-state index contributed by atoms with van der Waals surface area (Å²) in [6.45, 7) is -0.119. The highest BCUT2D eigenvalue weighted by molar-refractivity contribution is 5.98. The van der Waals surface area contributed by atoms with E-state index in [4.69, 9.17) is 0 Å². The van der Waals surface area contributed by atoms with E-state index >= 15 is 0 Å². The summed E-state index contributed by atoms with van der Waals surface area (Å²) in [6.07, 6.45) is 1.70. The Hall–Kier alpha value is -3.41. The average Bonchev–Trinajstić information content (AvgIpc) is 3.11. The van der Waals surface area contributed by atoms with Crippen molar-refractivity contribution in [1.29, 1.82) is 0 Å². The first-order valence-corrected chi connectivity index (χ1v) is 7.46. The van der Waals surface area contributed by atoms with Crippen LogP contribution in [0.1, 0.15) is 10.5 Å². The van der Waals surface area contributed by atoms with E-state index in [9.17, 15) is 9.59 Å². The third-order valence-corrected chi connectivity index (χ3v) is 3.31. The third kappa shape index (κ3) is 3.86. The van der Waals surface area contributed by atoms with Crippen molar-refractivity contribution in [3.8, 4) is 5.69 Å². The Labute approximate surface area is 139 Å². The number of amides is 2. The molecular weight excluding hydrogens is 304 g/mol. The molecule has 0 atom stereocenters. The van der Waals surface area contributed by atoms with Crippen molar-refractivity contribution in [3.63, 3.8) is 0 Å². The van der Waals surface area contributed by atoms with Crippen LogP contribution in [0.2, 0.25) is 0 Å². The zero-order valence-electron chi connectivity index (χ0n) is 12.8. The van der Waals surface area contributed by atoms with Crippen LogP contribution >= 0.6 is 0 Å². The quantitative estimate of drug-likeness (QED) is 0.757. The predicted octanol–water partition coefficient (Wildman–Crippen LogP) is 2.24. The molecule has 2 aromatic carbocycles. The monoisotopic (exact) mass is 320 g/mol. The Morgan fingerprint density at radius 3 is 2.29 bits per heavy atom. The van der Waals surface area contributed by atoms with Gasteiger partial charge in [-0.3, -0.25) is 9.59 Å². The molecule has 0 fully saturated rings. The van der Waals surface area contributed by atoms with Crippen LogP contribution in [0.15, 0.2) is 72.9 Å². The molecule has 3 rings (SSSR count). The minimum atomic E-state index is -0.395. The lowest BCUT2D eigenvalue weighted by Gasteiger charge is -2.05. The summed E-state index contributed by atoms with van der Waals surface area (Å²) in [5.41, 5.74) is 1.80. The van der Waals surface area contributed by atoms with Crippen molar-refractivity contribution < 1.29 is 9.59 Å². The van der Waals surface area contributed by atoms with Crippen molar-refractivity contribution in [2.24, 2.45) is 0 Å². The van der Waals surface area contributed by atoms with Gasteiger partial charge in [0, 0.05) is 11.9 Å². The lowest BCUT2D eigenvalue weighted by molar-refractivity contribution is -0.115. The molecule has 0 spiro atoms. The molecule has 2 N–H and O–H groups in total. The largest absolute Gasteiger partial charge is 0.342 e. The van der Waals surface area contributed by atoms with Crippen molar-refractivity contribution in [2.75, 3.05) is 11.9 Å². The number of benzene rings is 2. The van der Waals surface area contributed by atoms with Crippen LogP contribution < -0.4 is 10.6 Å². The van der Waals surface area contributed by atoms with Crippen LogP contribution in [0.25, 0.3) is 5.69 Å². The van der Waals surface area contributed by atoms with Gasteiger partial charge in [-0.05, 0) is 30.3 Å². The molecule has 3 aromatic rings.